The molecule has 2 rings (SSSR count). The Labute approximate surface area is 185 Å². The minimum Gasteiger partial charge on any atom is -0.484 e. The number of nitrogens with zero attached hydrogens (tertiary/aromatic N) is 2. The number of benzene rings is 1. The third-order valence-corrected chi connectivity index (χ3v) is 10.5. The number of rotatable bonds is 7. The molecule has 1 unspecified atom stereocenters. The van der Waals surface area contributed by atoms with E-state index < -0.39 is 25.5 Å². The van der Waals surface area contributed by atoms with Gasteiger partial charge in [-0.2, -0.15) is 9.78 Å². The summed E-state index contributed by atoms with van der Waals surface area (Å²) in [5, 5.41) is 4.04. The van der Waals surface area contributed by atoms with Crippen LogP contribution in [0.2, 0.25) is 18.1 Å². The van der Waals surface area contributed by atoms with E-state index in [1.54, 1.807) is 0 Å². The Morgan fingerprint density at radius 3 is 2.37 bits per heavy atom. The molecular weight excluding hydrogens is 474 g/mol. The molecule has 2 aromatic rings. The number of ether oxygens (including phenoxy) is 1. The van der Waals surface area contributed by atoms with Crippen LogP contribution in [0.4, 0.5) is 8.78 Å². The van der Waals surface area contributed by atoms with Crippen LogP contribution in [0.15, 0.2) is 33.7 Å². The summed E-state index contributed by atoms with van der Waals surface area (Å²) in [6.45, 7) is 15.1. The highest BCUT2D eigenvalue weighted by Crippen LogP contribution is 2.38. The van der Waals surface area contributed by atoms with Crippen LogP contribution < -0.4 is 10.3 Å². The summed E-state index contributed by atoms with van der Waals surface area (Å²) in [4.78, 5) is 12.9. The topological polar surface area (TPSA) is 53.4 Å². The maximum atomic E-state index is 13.6. The van der Waals surface area contributed by atoms with Crippen LogP contribution in [-0.2, 0) is 4.43 Å². The largest absolute Gasteiger partial charge is 0.484 e. The van der Waals surface area contributed by atoms with Crippen LogP contribution in [0.5, 0.6) is 5.75 Å². The van der Waals surface area contributed by atoms with Crippen molar-refractivity contribution >= 4 is 24.2 Å². The molecule has 1 atom stereocenters. The van der Waals surface area contributed by atoms with Crippen molar-refractivity contribution in [3.63, 3.8) is 0 Å². The van der Waals surface area contributed by atoms with Gasteiger partial charge < -0.3 is 9.16 Å². The third kappa shape index (κ3) is 5.56. The smallest absolute Gasteiger partial charge is 0.314 e. The van der Waals surface area contributed by atoms with Gasteiger partial charge in [0.2, 0.25) is 5.75 Å². The van der Waals surface area contributed by atoms with Crippen LogP contribution in [0.25, 0.3) is 5.69 Å². The Hall–Kier alpha value is -1.58. The Balaban J connectivity index is 2.31. The molecule has 1 aromatic heterocycles. The average Bonchev–Trinajstić information content (AvgIpc) is 2.62. The second-order valence-electron chi connectivity index (χ2n) is 9.11. The van der Waals surface area contributed by atoms with E-state index in [1.807, 2.05) is 13.8 Å². The fourth-order valence-corrected chi connectivity index (χ4v) is 4.26. The van der Waals surface area contributed by atoms with Gasteiger partial charge in [-0.25, -0.2) is 8.78 Å². The fraction of sp³-hybridized carbons (Fsp3) is 0.524. The molecule has 0 aliphatic heterocycles. The van der Waals surface area contributed by atoms with Crippen LogP contribution >= 0.6 is 15.9 Å². The van der Waals surface area contributed by atoms with Gasteiger partial charge in [0.05, 0.1) is 22.5 Å². The molecular formula is C21H29BrF2N2O3Si. The molecule has 1 heterocycles. The van der Waals surface area contributed by atoms with Crippen molar-refractivity contribution in [3.8, 4) is 11.4 Å². The SMILES string of the molecule is CC(C)C(COc1c(Br)cnn(-c2ccc(F)c(F)c2)c1=O)O[Si](C)(C)C(C)(C)C. The first-order chi connectivity index (χ1) is 13.7. The zero-order valence-corrected chi connectivity index (χ0v) is 21.0. The van der Waals surface area contributed by atoms with Gasteiger partial charge >= 0.3 is 5.56 Å². The molecule has 30 heavy (non-hydrogen) atoms. The Bertz CT molecular complexity index is 958. The van der Waals surface area contributed by atoms with Gasteiger partial charge in [0.1, 0.15) is 6.61 Å². The van der Waals surface area contributed by atoms with Crippen molar-refractivity contribution in [2.24, 2.45) is 5.92 Å². The van der Waals surface area contributed by atoms with E-state index in [1.165, 1.54) is 12.3 Å². The molecule has 166 valence electrons. The van der Waals surface area contributed by atoms with E-state index in [2.05, 4.69) is 54.9 Å². The van der Waals surface area contributed by atoms with E-state index in [-0.39, 0.29) is 35.1 Å². The van der Waals surface area contributed by atoms with Crippen LogP contribution in [0, 0.1) is 17.6 Å². The lowest BCUT2D eigenvalue weighted by molar-refractivity contribution is 0.0774. The molecule has 0 bridgehead atoms. The van der Waals surface area contributed by atoms with Gasteiger partial charge in [-0.3, -0.25) is 4.79 Å². The molecule has 0 amide bonds. The van der Waals surface area contributed by atoms with Crippen LogP contribution in [-0.4, -0.2) is 30.8 Å². The van der Waals surface area contributed by atoms with Gasteiger partial charge in [-0.15, -0.1) is 0 Å². The summed E-state index contributed by atoms with van der Waals surface area (Å²) in [5.74, 6) is -1.84. The van der Waals surface area contributed by atoms with Gasteiger partial charge in [0, 0.05) is 6.07 Å². The Morgan fingerprint density at radius 1 is 1.20 bits per heavy atom. The first-order valence-corrected chi connectivity index (χ1v) is 13.5. The minimum atomic E-state index is -2.04. The lowest BCUT2D eigenvalue weighted by Crippen LogP contribution is -2.47. The van der Waals surface area contributed by atoms with Crippen LogP contribution in [0.3, 0.4) is 0 Å². The molecule has 9 heteroatoms. The maximum absolute atomic E-state index is 13.6. The van der Waals surface area contributed by atoms with Crippen molar-refractivity contribution in [3.05, 3.63) is 50.9 Å². The predicted octanol–water partition coefficient (Wildman–Crippen LogP) is 5.70. The van der Waals surface area contributed by atoms with Gasteiger partial charge in [-0.05, 0) is 52.1 Å². The van der Waals surface area contributed by atoms with Crippen molar-refractivity contribution in [1.29, 1.82) is 0 Å². The quantitative estimate of drug-likeness (QED) is 0.455. The molecule has 0 aliphatic carbocycles. The van der Waals surface area contributed by atoms with E-state index in [0.717, 1.165) is 16.8 Å². The second kappa shape index (κ2) is 9.28. The molecule has 0 aliphatic rings. The molecule has 0 saturated carbocycles. The molecule has 0 fully saturated rings. The lowest BCUT2D eigenvalue weighted by Gasteiger charge is -2.40. The molecule has 0 saturated heterocycles. The molecule has 0 radical (unpaired) electrons. The van der Waals surface area contributed by atoms with E-state index in [0.29, 0.717) is 4.47 Å². The summed E-state index contributed by atoms with van der Waals surface area (Å²) in [6, 6.07) is 3.14. The Kier molecular flexibility index (Phi) is 7.63. The summed E-state index contributed by atoms with van der Waals surface area (Å²) >= 11 is 3.29. The van der Waals surface area contributed by atoms with Gasteiger partial charge in [0.15, 0.2) is 20.0 Å². The standard InChI is InChI=1S/C21H29BrF2N2O3Si/c1-13(2)18(29-30(6,7)21(3,4)5)12-28-19-15(22)11-25-26(20(19)27)14-8-9-16(23)17(24)10-14/h8-11,13,18H,12H2,1-7H3. The lowest BCUT2D eigenvalue weighted by atomic mass is 10.1. The highest BCUT2D eigenvalue weighted by Gasteiger charge is 2.40. The maximum Gasteiger partial charge on any atom is 0.314 e. The average molecular weight is 503 g/mol. The van der Waals surface area contributed by atoms with Crippen molar-refractivity contribution in [2.75, 3.05) is 6.61 Å². The number of hydrogen-bond acceptors (Lipinski definition) is 4. The highest BCUT2D eigenvalue weighted by molar-refractivity contribution is 9.10. The predicted molar refractivity (Wildman–Crippen MR) is 120 cm³/mol. The second-order valence-corrected chi connectivity index (χ2v) is 14.7. The van der Waals surface area contributed by atoms with Crippen molar-refractivity contribution in [2.45, 2.75) is 58.9 Å². The molecule has 0 N–H and O–H groups in total. The minimum absolute atomic E-state index is 0.0385. The van der Waals surface area contributed by atoms with E-state index in [9.17, 15) is 13.6 Å². The van der Waals surface area contributed by atoms with E-state index >= 15 is 0 Å². The summed E-state index contributed by atoms with van der Waals surface area (Å²) in [7, 11) is -2.04. The fourth-order valence-electron chi connectivity index (χ4n) is 2.43. The van der Waals surface area contributed by atoms with Crippen LogP contribution in [0.1, 0.15) is 34.6 Å². The first-order valence-electron chi connectivity index (χ1n) is 9.78. The first kappa shape index (κ1) is 24.7. The molecule has 0 spiro atoms. The monoisotopic (exact) mass is 502 g/mol. The normalized spacial score (nSPS) is 13.6. The summed E-state index contributed by atoms with van der Waals surface area (Å²) < 4.78 is 40.6. The van der Waals surface area contributed by atoms with E-state index in [4.69, 9.17) is 9.16 Å². The summed E-state index contributed by atoms with van der Waals surface area (Å²) in [5.41, 5.74) is -0.473. The molecule has 1 aromatic carbocycles. The third-order valence-electron chi connectivity index (χ3n) is 5.43. The zero-order valence-electron chi connectivity index (χ0n) is 18.4. The molecule has 5 nitrogen and oxygen atoms in total. The summed E-state index contributed by atoms with van der Waals surface area (Å²) in [6.07, 6.45) is 1.18. The number of aromatic nitrogens is 2. The van der Waals surface area contributed by atoms with Crippen molar-refractivity contribution < 1.29 is 17.9 Å². The number of halogens is 3. The Morgan fingerprint density at radius 2 is 1.83 bits per heavy atom. The van der Waals surface area contributed by atoms with Gasteiger partial charge in [0.25, 0.3) is 0 Å². The highest BCUT2D eigenvalue weighted by atomic mass is 79.9. The van der Waals surface area contributed by atoms with Crippen molar-refractivity contribution in [1.82, 2.24) is 9.78 Å². The number of hydrogen-bond donors (Lipinski definition) is 0. The van der Waals surface area contributed by atoms with Gasteiger partial charge in [-0.1, -0.05) is 34.6 Å². The zero-order chi connectivity index (χ0) is 22.9.